The number of carbonyl (C=O) groups is 1. The Morgan fingerprint density at radius 3 is 2.83 bits per heavy atom. The predicted octanol–water partition coefficient (Wildman–Crippen LogP) is 0.534. The summed E-state index contributed by atoms with van der Waals surface area (Å²) >= 11 is 0. The summed E-state index contributed by atoms with van der Waals surface area (Å²) in [6, 6.07) is 9.27. The van der Waals surface area contributed by atoms with E-state index in [1.807, 2.05) is 30.3 Å². The third-order valence-electron chi connectivity index (χ3n) is 2.14. The highest BCUT2D eigenvalue weighted by molar-refractivity contribution is 5.94. The number of carbonyl (C=O) groups excluding carboxylic acids is 1. The smallest absolute Gasteiger partial charge is 0.278 e. The Morgan fingerprint density at radius 1 is 1.33 bits per heavy atom. The van der Waals surface area contributed by atoms with Gasteiger partial charge in [-0.3, -0.25) is 9.59 Å². The normalized spacial score (nSPS) is 10.4. The lowest BCUT2D eigenvalue weighted by atomic mass is 10.2. The molecule has 1 aromatic carbocycles. The number of H-pyrrole nitrogens is 1. The van der Waals surface area contributed by atoms with Gasteiger partial charge in [-0.25, -0.2) is 10.4 Å². The average molecular weight is 242 g/mol. The summed E-state index contributed by atoms with van der Waals surface area (Å²) < 4.78 is 0. The number of hydrogen-bond acceptors (Lipinski definition) is 4. The fraction of sp³-hybridized carbons (Fsp3) is 0. The number of aromatic nitrogens is 2. The van der Waals surface area contributed by atoms with Crippen molar-refractivity contribution in [3.8, 4) is 0 Å². The number of rotatable bonds is 3. The molecule has 2 aromatic rings. The molecular weight excluding hydrogens is 232 g/mol. The van der Waals surface area contributed by atoms with Gasteiger partial charge < -0.3 is 4.98 Å². The summed E-state index contributed by atoms with van der Waals surface area (Å²) in [6.07, 6.45) is 3.89. The van der Waals surface area contributed by atoms with Crippen molar-refractivity contribution in [3.05, 3.63) is 64.3 Å². The molecule has 0 spiro atoms. The van der Waals surface area contributed by atoms with E-state index < -0.39 is 11.5 Å². The Hall–Kier alpha value is -2.76. The van der Waals surface area contributed by atoms with Crippen LogP contribution in [0.1, 0.15) is 15.9 Å². The van der Waals surface area contributed by atoms with Crippen molar-refractivity contribution in [3.63, 3.8) is 0 Å². The highest BCUT2D eigenvalue weighted by Gasteiger charge is 2.08. The summed E-state index contributed by atoms with van der Waals surface area (Å²) in [5.74, 6) is -0.600. The van der Waals surface area contributed by atoms with E-state index in [0.29, 0.717) is 0 Å². The van der Waals surface area contributed by atoms with Gasteiger partial charge in [0.1, 0.15) is 5.56 Å². The number of hydrazone groups is 1. The molecule has 0 unspecified atom stereocenters. The van der Waals surface area contributed by atoms with Crippen molar-refractivity contribution in [2.45, 2.75) is 0 Å². The Balaban J connectivity index is 2.04. The SMILES string of the molecule is O=C(NN=Cc1ccccc1)c1cnc[nH]c1=O. The van der Waals surface area contributed by atoms with Crippen LogP contribution in [-0.2, 0) is 0 Å². The van der Waals surface area contributed by atoms with Gasteiger partial charge >= 0.3 is 0 Å². The number of amides is 1. The molecule has 0 aliphatic heterocycles. The van der Waals surface area contributed by atoms with Crippen molar-refractivity contribution in [2.75, 3.05) is 0 Å². The van der Waals surface area contributed by atoms with Crippen LogP contribution in [0.3, 0.4) is 0 Å². The highest BCUT2D eigenvalue weighted by atomic mass is 16.2. The molecule has 1 heterocycles. The maximum atomic E-state index is 11.6. The molecule has 2 N–H and O–H groups in total. The first kappa shape index (κ1) is 11.7. The standard InChI is InChI=1S/C12H10N4O2/c17-11-10(7-13-8-14-11)12(18)16-15-6-9-4-2-1-3-5-9/h1-8H,(H,16,18)(H,13,14,17). The molecule has 6 heteroatoms. The number of nitrogens with zero attached hydrogens (tertiary/aromatic N) is 2. The van der Waals surface area contributed by atoms with Gasteiger partial charge in [0.2, 0.25) is 0 Å². The third-order valence-corrected chi connectivity index (χ3v) is 2.14. The molecule has 0 bridgehead atoms. The van der Waals surface area contributed by atoms with E-state index in [1.54, 1.807) is 0 Å². The van der Waals surface area contributed by atoms with E-state index in [1.165, 1.54) is 18.7 Å². The van der Waals surface area contributed by atoms with Gasteiger partial charge in [-0.05, 0) is 5.56 Å². The summed E-state index contributed by atoms with van der Waals surface area (Å²) in [6.45, 7) is 0. The van der Waals surface area contributed by atoms with Gasteiger partial charge in [0.25, 0.3) is 11.5 Å². The van der Waals surface area contributed by atoms with E-state index in [0.717, 1.165) is 5.56 Å². The second-order valence-corrected chi connectivity index (χ2v) is 3.40. The maximum Gasteiger partial charge on any atom is 0.278 e. The Kier molecular flexibility index (Phi) is 3.60. The van der Waals surface area contributed by atoms with Crippen molar-refractivity contribution in [1.29, 1.82) is 0 Å². The van der Waals surface area contributed by atoms with Crippen LogP contribution in [-0.4, -0.2) is 22.1 Å². The number of nitrogens with one attached hydrogen (secondary N) is 2. The quantitative estimate of drug-likeness (QED) is 0.608. The van der Waals surface area contributed by atoms with E-state index in [-0.39, 0.29) is 5.56 Å². The van der Waals surface area contributed by atoms with Gasteiger partial charge in [-0.1, -0.05) is 30.3 Å². The van der Waals surface area contributed by atoms with Crippen LogP contribution in [0.2, 0.25) is 0 Å². The maximum absolute atomic E-state index is 11.6. The molecule has 0 saturated heterocycles. The van der Waals surface area contributed by atoms with E-state index in [2.05, 4.69) is 20.5 Å². The second-order valence-electron chi connectivity index (χ2n) is 3.40. The minimum absolute atomic E-state index is 0.0808. The first-order valence-electron chi connectivity index (χ1n) is 5.18. The Labute approximate surface area is 102 Å². The fourth-order valence-corrected chi connectivity index (χ4v) is 1.27. The minimum Gasteiger partial charge on any atom is -0.312 e. The molecular formula is C12H10N4O2. The zero-order valence-corrected chi connectivity index (χ0v) is 9.33. The molecule has 0 saturated carbocycles. The van der Waals surface area contributed by atoms with Gasteiger partial charge in [0.15, 0.2) is 0 Å². The van der Waals surface area contributed by atoms with Crippen LogP contribution in [0.25, 0.3) is 0 Å². The van der Waals surface area contributed by atoms with Crippen LogP contribution in [0, 0.1) is 0 Å². The Bertz CT molecular complexity index is 619. The van der Waals surface area contributed by atoms with E-state index >= 15 is 0 Å². The monoisotopic (exact) mass is 242 g/mol. The average Bonchev–Trinajstić information content (AvgIpc) is 2.40. The van der Waals surface area contributed by atoms with Crippen LogP contribution in [0.15, 0.2) is 52.8 Å². The van der Waals surface area contributed by atoms with Gasteiger partial charge in [-0.2, -0.15) is 5.10 Å². The third kappa shape index (κ3) is 2.88. The summed E-state index contributed by atoms with van der Waals surface area (Å²) in [4.78, 5) is 28.8. The van der Waals surface area contributed by atoms with Crippen molar-refractivity contribution in [1.82, 2.24) is 15.4 Å². The number of aromatic amines is 1. The summed E-state index contributed by atoms with van der Waals surface area (Å²) in [5.41, 5.74) is 2.52. The van der Waals surface area contributed by atoms with Crippen LogP contribution < -0.4 is 11.0 Å². The lowest BCUT2D eigenvalue weighted by Gasteiger charge is -1.97. The summed E-state index contributed by atoms with van der Waals surface area (Å²) in [5, 5.41) is 3.75. The number of benzene rings is 1. The van der Waals surface area contributed by atoms with Crippen molar-refractivity contribution in [2.24, 2.45) is 5.10 Å². The molecule has 90 valence electrons. The van der Waals surface area contributed by atoms with Crippen LogP contribution in [0.5, 0.6) is 0 Å². The zero-order chi connectivity index (χ0) is 12.8. The molecule has 0 atom stereocenters. The zero-order valence-electron chi connectivity index (χ0n) is 9.33. The van der Waals surface area contributed by atoms with Gasteiger partial charge in [-0.15, -0.1) is 0 Å². The second kappa shape index (κ2) is 5.53. The molecule has 0 aliphatic carbocycles. The van der Waals surface area contributed by atoms with Crippen LogP contribution in [0.4, 0.5) is 0 Å². The first-order valence-corrected chi connectivity index (χ1v) is 5.18. The van der Waals surface area contributed by atoms with Crippen molar-refractivity contribution < 1.29 is 4.79 Å². The molecule has 1 amide bonds. The molecule has 1 aromatic heterocycles. The van der Waals surface area contributed by atoms with E-state index in [4.69, 9.17) is 0 Å². The highest BCUT2D eigenvalue weighted by Crippen LogP contribution is 1.93. The molecule has 6 nitrogen and oxygen atoms in total. The lowest BCUT2D eigenvalue weighted by Crippen LogP contribution is -2.26. The molecule has 0 aliphatic rings. The molecule has 18 heavy (non-hydrogen) atoms. The van der Waals surface area contributed by atoms with Gasteiger partial charge in [0, 0.05) is 6.20 Å². The predicted molar refractivity (Wildman–Crippen MR) is 66.4 cm³/mol. The minimum atomic E-state index is -0.600. The Morgan fingerprint density at radius 2 is 2.11 bits per heavy atom. The summed E-state index contributed by atoms with van der Waals surface area (Å²) in [7, 11) is 0. The van der Waals surface area contributed by atoms with Gasteiger partial charge in [0.05, 0.1) is 12.5 Å². The van der Waals surface area contributed by atoms with E-state index in [9.17, 15) is 9.59 Å². The molecule has 0 fully saturated rings. The molecule has 0 radical (unpaired) electrons. The van der Waals surface area contributed by atoms with Crippen molar-refractivity contribution >= 4 is 12.1 Å². The van der Waals surface area contributed by atoms with Crippen LogP contribution >= 0.6 is 0 Å². The molecule has 2 rings (SSSR count). The fourth-order valence-electron chi connectivity index (χ4n) is 1.27. The number of hydrogen-bond donors (Lipinski definition) is 2. The topological polar surface area (TPSA) is 87.2 Å². The largest absolute Gasteiger partial charge is 0.312 e. The lowest BCUT2D eigenvalue weighted by molar-refractivity contribution is 0.0953. The first-order chi connectivity index (χ1) is 8.77.